The van der Waals surface area contributed by atoms with E-state index in [1.54, 1.807) is 24.3 Å². The van der Waals surface area contributed by atoms with Gasteiger partial charge in [-0.2, -0.15) is 17.9 Å². The number of halogens is 4. The first-order valence-electron chi connectivity index (χ1n) is 8.29. The predicted molar refractivity (Wildman–Crippen MR) is 94.8 cm³/mol. The highest BCUT2D eigenvalue weighted by atomic mass is 35.5. The van der Waals surface area contributed by atoms with Crippen LogP contribution in [0.2, 0.25) is 5.02 Å². The normalized spacial score (nSPS) is 17.2. The van der Waals surface area contributed by atoms with Gasteiger partial charge in [0, 0.05) is 35.2 Å². The van der Waals surface area contributed by atoms with Crippen LogP contribution in [-0.2, 0) is 12.6 Å². The first-order chi connectivity index (χ1) is 12.7. The molecule has 0 spiro atoms. The summed E-state index contributed by atoms with van der Waals surface area (Å²) in [5, 5.41) is 13.8. The van der Waals surface area contributed by atoms with E-state index >= 15 is 0 Å². The summed E-state index contributed by atoms with van der Waals surface area (Å²) in [4.78, 5) is 12.6. The highest BCUT2D eigenvalue weighted by Gasteiger charge is 2.34. The number of carbonyl (C=O) groups is 1. The number of alkyl halides is 3. The highest BCUT2D eigenvalue weighted by Crippen LogP contribution is 2.35. The largest absolute Gasteiger partial charge is 0.618 e. The van der Waals surface area contributed by atoms with Gasteiger partial charge in [-0.3, -0.25) is 4.79 Å². The number of benzene rings is 2. The summed E-state index contributed by atoms with van der Waals surface area (Å²) in [6.45, 7) is 0. The Morgan fingerprint density at radius 2 is 1.74 bits per heavy atom. The third kappa shape index (κ3) is 3.14. The molecule has 1 aliphatic carbocycles. The van der Waals surface area contributed by atoms with Gasteiger partial charge in [-0.1, -0.05) is 23.7 Å². The Hall–Kier alpha value is -2.60. The topological polar surface area (TPSA) is 44.0 Å². The van der Waals surface area contributed by atoms with Crippen molar-refractivity contribution in [1.29, 1.82) is 0 Å². The van der Waals surface area contributed by atoms with Gasteiger partial charge in [-0.25, -0.2) is 0 Å². The maximum Gasteiger partial charge on any atom is 0.416 e. The molecule has 1 aliphatic rings. The number of Topliss-reactive ketones (excluding diaryl/α,β-unsaturated/α-hetero) is 1. The smallest absolute Gasteiger partial charge is 0.416 e. The molecule has 3 nitrogen and oxygen atoms in total. The first kappa shape index (κ1) is 17.8. The van der Waals surface area contributed by atoms with Gasteiger partial charge in [-0.05, 0) is 35.9 Å². The minimum atomic E-state index is -4.41. The average molecular weight is 392 g/mol. The van der Waals surface area contributed by atoms with E-state index in [1.807, 2.05) is 0 Å². The van der Waals surface area contributed by atoms with E-state index in [9.17, 15) is 23.2 Å². The monoisotopic (exact) mass is 391 g/mol. The van der Waals surface area contributed by atoms with Crippen LogP contribution in [0.1, 0.15) is 39.5 Å². The molecule has 0 aliphatic heterocycles. The zero-order valence-electron chi connectivity index (χ0n) is 13.9. The fourth-order valence-electron chi connectivity index (χ4n) is 3.57. The van der Waals surface area contributed by atoms with Crippen LogP contribution >= 0.6 is 11.6 Å². The molecule has 0 saturated carbocycles. The second-order valence-electron chi connectivity index (χ2n) is 6.65. The van der Waals surface area contributed by atoms with Crippen molar-refractivity contribution in [1.82, 2.24) is 0 Å². The van der Waals surface area contributed by atoms with Gasteiger partial charge in [0.25, 0.3) is 0 Å². The van der Waals surface area contributed by atoms with Crippen molar-refractivity contribution in [3.8, 4) is 0 Å². The third-order valence-electron chi connectivity index (χ3n) is 4.95. The molecular weight excluding hydrogens is 379 g/mol. The summed E-state index contributed by atoms with van der Waals surface area (Å²) in [7, 11) is 0. The number of nitrogens with zero attached hydrogens (tertiary/aromatic N) is 1. The van der Waals surface area contributed by atoms with Crippen molar-refractivity contribution in [3.63, 3.8) is 0 Å². The van der Waals surface area contributed by atoms with Crippen LogP contribution in [0.3, 0.4) is 0 Å². The molecule has 1 atom stereocenters. The molecule has 0 amide bonds. The summed E-state index contributed by atoms with van der Waals surface area (Å²) in [5.41, 5.74) is 0.960. The Kier molecular flexibility index (Phi) is 4.11. The lowest BCUT2D eigenvalue weighted by molar-refractivity contribution is -0.586. The van der Waals surface area contributed by atoms with E-state index in [0.29, 0.717) is 32.7 Å². The Bertz CT molecular complexity index is 1060. The van der Waals surface area contributed by atoms with Crippen molar-refractivity contribution in [3.05, 3.63) is 81.1 Å². The average Bonchev–Trinajstić information content (AvgIpc) is 2.62. The van der Waals surface area contributed by atoms with E-state index in [4.69, 9.17) is 11.6 Å². The number of ketones is 1. The number of pyridine rings is 1. The molecule has 2 aromatic carbocycles. The van der Waals surface area contributed by atoms with Gasteiger partial charge in [0.2, 0.25) is 11.2 Å². The van der Waals surface area contributed by atoms with Crippen molar-refractivity contribution in [2.24, 2.45) is 0 Å². The van der Waals surface area contributed by atoms with Gasteiger partial charge in [0.15, 0.2) is 5.78 Å². The highest BCUT2D eigenvalue weighted by molar-refractivity contribution is 6.31. The zero-order chi connectivity index (χ0) is 19.3. The van der Waals surface area contributed by atoms with Gasteiger partial charge in [0.05, 0.1) is 11.1 Å². The van der Waals surface area contributed by atoms with Crippen molar-refractivity contribution in [2.45, 2.75) is 24.9 Å². The van der Waals surface area contributed by atoms with Gasteiger partial charge >= 0.3 is 6.18 Å². The molecule has 0 saturated heterocycles. The van der Waals surface area contributed by atoms with Crippen molar-refractivity contribution < 1.29 is 22.7 Å². The van der Waals surface area contributed by atoms with E-state index in [0.717, 1.165) is 16.9 Å². The predicted octanol–water partition coefficient (Wildman–Crippen LogP) is 5.06. The Morgan fingerprint density at radius 1 is 1.04 bits per heavy atom. The van der Waals surface area contributed by atoms with Crippen LogP contribution in [0.15, 0.2) is 48.5 Å². The maximum absolute atomic E-state index is 12.8. The van der Waals surface area contributed by atoms with E-state index < -0.39 is 11.7 Å². The lowest BCUT2D eigenvalue weighted by atomic mass is 9.81. The molecule has 1 aromatic heterocycles. The molecule has 1 unspecified atom stereocenters. The van der Waals surface area contributed by atoms with Crippen LogP contribution < -0.4 is 4.73 Å². The second kappa shape index (κ2) is 6.23. The van der Waals surface area contributed by atoms with Crippen LogP contribution in [-0.4, -0.2) is 5.78 Å². The van der Waals surface area contributed by atoms with Gasteiger partial charge in [-0.15, -0.1) is 0 Å². The molecule has 138 valence electrons. The second-order valence-corrected chi connectivity index (χ2v) is 7.09. The van der Waals surface area contributed by atoms with Crippen LogP contribution in [0.5, 0.6) is 0 Å². The summed E-state index contributed by atoms with van der Waals surface area (Å²) in [6.07, 6.45) is -3.98. The summed E-state index contributed by atoms with van der Waals surface area (Å²) in [6, 6.07) is 11.2. The summed E-state index contributed by atoms with van der Waals surface area (Å²) < 4.78 is 39.0. The summed E-state index contributed by atoms with van der Waals surface area (Å²) in [5.74, 6) is -0.537. The number of carbonyl (C=O) groups excluding carboxylic acids is 1. The van der Waals surface area contributed by atoms with Crippen LogP contribution in [0.4, 0.5) is 13.2 Å². The fourth-order valence-corrected chi connectivity index (χ4v) is 3.75. The number of hydrogen-bond acceptors (Lipinski definition) is 2. The standard InChI is InChI=1S/C20H13ClF3NO2/c21-15-5-6-17-13(7-15)8-16-18(25(17)27)9-12(10-19(16)26)11-1-3-14(4-2-11)20(22,23)24/h1-8,12H,9-10H2. The number of aromatic nitrogens is 1. The molecule has 1 heterocycles. The lowest BCUT2D eigenvalue weighted by Crippen LogP contribution is -2.38. The van der Waals surface area contributed by atoms with Crippen LogP contribution in [0, 0.1) is 5.21 Å². The zero-order valence-corrected chi connectivity index (χ0v) is 14.6. The molecular formula is C20H13ClF3NO2. The Morgan fingerprint density at radius 3 is 2.41 bits per heavy atom. The molecule has 0 bridgehead atoms. The fraction of sp³-hybridized carbons (Fsp3) is 0.200. The third-order valence-corrected chi connectivity index (χ3v) is 5.18. The number of hydrogen-bond donors (Lipinski definition) is 0. The quantitative estimate of drug-likeness (QED) is 0.430. The minimum Gasteiger partial charge on any atom is -0.618 e. The lowest BCUT2D eigenvalue weighted by Gasteiger charge is -2.23. The van der Waals surface area contributed by atoms with Gasteiger partial charge in [0.1, 0.15) is 0 Å². The number of rotatable bonds is 1. The molecule has 0 N–H and O–H groups in total. The van der Waals surface area contributed by atoms with Crippen molar-refractivity contribution >= 4 is 28.3 Å². The van der Waals surface area contributed by atoms with E-state index in [1.165, 1.54) is 12.1 Å². The Balaban J connectivity index is 1.74. The first-order valence-corrected chi connectivity index (χ1v) is 8.67. The molecule has 27 heavy (non-hydrogen) atoms. The summed E-state index contributed by atoms with van der Waals surface area (Å²) >= 11 is 5.96. The molecule has 7 heteroatoms. The van der Waals surface area contributed by atoms with Crippen LogP contribution in [0.25, 0.3) is 10.9 Å². The van der Waals surface area contributed by atoms with E-state index in [-0.39, 0.29) is 24.5 Å². The van der Waals surface area contributed by atoms with Crippen molar-refractivity contribution in [2.75, 3.05) is 0 Å². The SMILES string of the molecule is O=C1CC(c2ccc(C(F)(F)F)cc2)Cc2c1cc1cc(Cl)ccc1[n+]2[O-]. The van der Waals surface area contributed by atoms with E-state index in [2.05, 4.69) is 0 Å². The molecule has 0 fully saturated rings. The maximum atomic E-state index is 12.8. The minimum absolute atomic E-state index is 0.143. The van der Waals surface area contributed by atoms with Gasteiger partial charge < -0.3 is 5.21 Å². The molecule has 4 rings (SSSR count). The molecule has 3 aromatic rings. The number of fused-ring (bicyclic) bond motifs is 2. The molecule has 0 radical (unpaired) electrons. The Labute approximate surface area is 157 Å².